The molecule has 0 atom stereocenters. The molecule has 1 aromatic carbocycles. The SMILES string of the molecule is NC(CCCCNc1c(Br)cc(Br)cc1Br)=NO. The summed E-state index contributed by atoms with van der Waals surface area (Å²) in [7, 11) is 0. The van der Waals surface area contributed by atoms with Gasteiger partial charge in [-0.05, 0) is 56.8 Å². The monoisotopic (exact) mass is 441 g/mol. The highest BCUT2D eigenvalue weighted by atomic mass is 79.9. The summed E-state index contributed by atoms with van der Waals surface area (Å²) in [6.07, 6.45) is 2.45. The molecule has 0 amide bonds. The Morgan fingerprint density at radius 1 is 1.22 bits per heavy atom. The largest absolute Gasteiger partial charge is 0.409 e. The van der Waals surface area contributed by atoms with Crippen LogP contribution < -0.4 is 11.1 Å². The highest BCUT2D eigenvalue weighted by molar-refractivity contribution is 9.11. The number of amidine groups is 1. The number of hydrogen-bond acceptors (Lipinski definition) is 3. The van der Waals surface area contributed by atoms with Crippen molar-refractivity contribution in [2.24, 2.45) is 10.9 Å². The topological polar surface area (TPSA) is 70.6 Å². The minimum atomic E-state index is 0.279. The highest BCUT2D eigenvalue weighted by Crippen LogP contribution is 2.34. The fourth-order valence-corrected chi connectivity index (χ4v) is 3.94. The molecular formula is C11H14Br3N3O. The molecule has 0 heterocycles. The van der Waals surface area contributed by atoms with Crippen molar-refractivity contribution in [2.75, 3.05) is 11.9 Å². The minimum absolute atomic E-state index is 0.279. The van der Waals surface area contributed by atoms with Crippen LogP contribution in [-0.2, 0) is 0 Å². The van der Waals surface area contributed by atoms with Gasteiger partial charge in [-0.25, -0.2) is 0 Å². The number of oxime groups is 1. The Morgan fingerprint density at radius 2 is 1.83 bits per heavy atom. The van der Waals surface area contributed by atoms with Gasteiger partial charge in [-0.2, -0.15) is 0 Å². The molecule has 7 heteroatoms. The van der Waals surface area contributed by atoms with Gasteiger partial charge in [0.2, 0.25) is 0 Å². The number of nitrogens with two attached hydrogens (primary N) is 1. The number of anilines is 1. The third kappa shape index (κ3) is 5.16. The first-order valence-corrected chi connectivity index (χ1v) is 7.77. The van der Waals surface area contributed by atoms with Crippen molar-refractivity contribution in [3.8, 4) is 0 Å². The molecule has 0 spiro atoms. The molecule has 1 rings (SSSR count). The number of unbranched alkanes of at least 4 members (excludes halogenated alkanes) is 1. The maximum absolute atomic E-state index is 8.40. The van der Waals surface area contributed by atoms with Gasteiger partial charge in [0.1, 0.15) is 5.84 Å². The molecule has 0 aliphatic heterocycles. The summed E-state index contributed by atoms with van der Waals surface area (Å²) in [6.45, 7) is 0.831. The molecule has 0 saturated carbocycles. The van der Waals surface area contributed by atoms with Crippen LogP contribution in [0.15, 0.2) is 30.7 Å². The lowest BCUT2D eigenvalue weighted by Gasteiger charge is -2.11. The van der Waals surface area contributed by atoms with E-state index in [2.05, 4.69) is 58.3 Å². The van der Waals surface area contributed by atoms with E-state index >= 15 is 0 Å². The van der Waals surface area contributed by atoms with E-state index in [9.17, 15) is 0 Å². The highest BCUT2D eigenvalue weighted by Gasteiger charge is 2.05. The van der Waals surface area contributed by atoms with Crippen LogP contribution >= 0.6 is 47.8 Å². The van der Waals surface area contributed by atoms with Gasteiger partial charge in [-0.3, -0.25) is 0 Å². The second-order valence-electron chi connectivity index (χ2n) is 3.72. The zero-order chi connectivity index (χ0) is 13.5. The molecule has 1 aromatic rings. The third-order valence-electron chi connectivity index (χ3n) is 2.30. The van der Waals surface area contributed by atoms with Gasteiger partial charge in [0, 0.05) is 26.4 Å². The van der Waals surface area contributed by atoms with E-state index in [-0.39, 0.29) is 5.84 Å². The summed E-state index contributed by atoms with van der Waals surface area (Å²) >= 11 is 10.4. The zero-order valence-electron chi connectivity index (χ0n) is 9.59. The van der Waals surface area contributed by atoms with Gasteiger partial charge in [0.05, 0.1) is 5.69 Å². The molecule has 0 aliphatic carbocycles. The fraction of sp³-hybridized carbons (Fsp3) is 0.364. The summed E-state index contributed by atoms with van der Waals surface area (Å²) in [5.74, 6) is 0.279. The van der Waals surface area contributed by atoms with Crippen LogP contribution in [-0.4, -0.2) is 17.6 Å². The van der Waals surface area contributed by atoms with Crippen LogP contribution in [0.1, 0.15) is 19.3 Å². The molecule has 4 N–H and O–H groups in total. The van der Waals surface area contributed by atoms with Crippen LogP contribution in [0.4, 0.5) is 5.69 Å². The summed E-state index contributed by atoms with van der Waals surface area (Å²) in [5, 5.41) is 14.7. The summed E-state index contributed by atoms with van der Waals surface area (Å²) in [4.78, 5) is 0. The normalized spacial score (nSPS) is 11.6. The number of nitrogens with one attached hydrogen (secondary N) is 1. The van der Waals surface area contributed by atoms with Crippen molar-refractivity contribution >= 4 is 59.3 Å². The van der Waals surface area contributed by atoms with Crippen molar-refractivity contribution in [1.82, 2.24) is 0 Å². The van der Waals surface area contributed by atoms with Crippen LogP contribution in [0.3, 0.4) is 0 Å². The van der Waals surface area contributed by atoms with Crippen LogP contribution in [0.5, 0.6) is 0 Å². The van der Waals surface area contributed by atoms with E-state index in [4.69, 9.17) is 10.9 Å². The lowest BCUT2D eigenvalue weighted by Crippen LogP contribution is -2.12. The molecule has 100 valence electrons. The van der Waals surface area contributed by atoms with Crippen molar-refractivity contribution in [3.63, 3.8) is 0 Å². The van der Waals surface area contributed by atoms with Gasteiger partial charge in [0.25, 0.3) is 0 Å². The number of nitrogens with zero attached hydrogens (tertiary/aromatic N) is 1. The van der Waals surface area contributed by atoms with Crippen molar-refractivity contribution < 1.29 is 5.21 Å². The van der Waals surface area contributed by atoms with Crippen LogP contribution in [0.25, 0.3) is 0 Å². The standard InChI is InChI=1S/C11H14Br3N3O/c12-7-5-8(13)11(9(14)6-7)16-4-2-1-3-10(15)17-18/h5-6,16,18H,1-4H2,(H2,15,17). The Kier molecular flexibility index (Phi) is 7.03. The maximum Gasteiger partial charge on any atom is 0.139 e. The first-order chi connectivity index (χ1) is 8.54. The van der Waals surface area contributed by atoms with Crippen molar-refractivity contribution in [2.45, 2.75) is 19.3 Å². The molecule has 0 unspecified atom stereocenters. The summed E-state index contributed by atoms with van der Waals surface area (Å²) < 4.78 is 3.01. The smallest absolute Gasteiger partial charge is 0.139 e. The lowest BCUT2D eigenvalue weighted by molar-refractivity contribution is 0.316. The molecule has 18 heavy (non-hydrogen) atoms. The average Bonchev–Trinajstić information content (AvgIpc) is 2.31. The zero-order valence-corrected chi connectivity index (χ0v) is 14.3. The van der Waals surface area contributed by atoms with E-state index in [1.165, 1.54) is 0 Å². The van der Waals surface area contributed by atoms with Crippen molar-refractivity contribution in [1.29, 1.82) is 0 Å². The second kappa shape index (κ2) is 8.01. The van der Waals surface area contributed by atoms with E-state index in [1.807, 2.05) is 12.1 Å². The Bertz CT molecular complexity index is 415. The van der Waals surface area contributed by atoms with Gasteiger partial charge < -0.3 is 16.3 Å². The molecule has 0 fully saturated rings. The van der Waals surface area contributed by atoms with Gasteiger partial charge in [-0.15, -0.1) is 0 Å². The third-order valence-corrected chi connectivity index (χ3v) is 4.01. The van der Waals surface area contributed by atoms with Gasteiger partial charge in [0.15, 0.2) is 0 Å². The molecule has 0 bridgehead atoms. The van der Waals surface area contributed by atoms with Crippen molar-refractivity contribution in [3.05, 3.63) is 25.6 Å². The molecule has 0 aromatic heterocycles. The number of halogens is 3. The molecular weight excluding hydrogens is 430 g/mol. The number of benzene rings is 1. The van der Waals surface area contributed by atoms with Crippen LogP contribution in [0.2, 0.25) is 0 Å². The summed E-state index contributed by atoms with van der Waals surface area (Å²) in [6, 6.07) is 3.98. The van der Waals surface area contributed by atoms with E-state index in [1.54, 1.807) is 0 Å². The molecule has 4 nitrogen and oxygen atoms in total. The fourth-order valence-electron chi connectivity index (χ4n) is 1.41. The minimum Gasteiger partial charge on any atom is -0.409 e. The van der Waals surface area contributed by atoms with Gasteiger partial charge in [-0.1, -0.05) is 21.1 Å². The van der Waals surface area contributed by atoms with E-state index in [0.29, 0.717) is 6.42 Å². The quantitative estimate of drug-likeness (QED) is 0.202. The van der Waals surface area contributed by atoms with E-state index < -0.39 is 0 Å². The lowest BCUT2D eigenvalue weighted by atomic mass is 10.2. The molecule has 0 radical (unpaired) electrons. The number of hydrogen-bond donors (Lipinski definition) is 3. The predicted molar refractivity (Wildman–Crippen MR) is 85.3 cm³/mol. The first kappa shape index (κ1) is 15.8. The predicted octanol–water partition coefficient (Wildman–Crippen LogP) is 4.30. The Morgan fingerprint density at radius 3 is 2.39 bits per heavy atom. The number of rotatable bonds is 6. The Balaban J connectivity index is 2.40. The van der Waals surface area contributed by atoms with Crippen LogP contribution in [0, 0.1) is 0 Å². The van der Waals surface area contributed by atoms with Gasteiger partial charge >= 0.3 is 0 Å². The van der Waals surface area contributed by atoms with E-state index in [0.717, 1.165) is 38.5 Å². The summed E-state index contributed by atoms with van der Waals surface area (Å²) in [5.41, 5.74) is 6.42. The molecule has 0 saturated heterocycles. The Hall–Kier alpha value is -0.270. The first-order valence-electron chi connectivity index (χ1n) is 5.39. The molecule has 0 aliphatic rings. The second-order valence-corrected chi connectivity index (χ2v) is 6.34. The average molecular weight is 444 g/mol. The Labute approximate surface area is 131 Å². The maximum atomic E-state index is 8.40.